The average molecular weight is 519 g/mol. The van der Waals surface area contributed by atoms with Crippen molar-refractivity contribution in [2.75, 3.05) is 26.4 Å². The lowest BCUT2D eigenvalue weighted by Crippen LogP contribution is -2.43. The Morgan fingerprint density at radius 1 is 1.28 bits per heavy atom. The van der Waals surface area contributed by atoms with Crippen molar-refractivity contribution in [1.29, 1.82) is 0 Å². The molecule has 0 aliphatic carbocycles. The summed E-state index contributed by atoms with van der Waals surface area (Å²) in [5, 5.41) is 21.5. The Morgan fingerprint density at radius 3 is 2.64 bits per heavy atom. The van der Waals surface area contributed by atoms with Crippen LogP contribution in [0, 0.1) is 12.7 Å². The largest absolute Gasteiger partial charge is 0.419 e. The molecule has 0 bridgehead atoms. The number of aromatic nitrogens is 2. The molecule has 0 saturated carbocycles. The van der Waals surface area contributed by atoms with Crippen LogP contribution in [0.4, 0.5) is 17.6 Å². The molecule has 2 aromatic rings. The Balaban J connectivity index is 1.54. The average Bonchev–Trinajstić information content (AvgIpc) is 3.20. The van der Waals surface area contributed by atoms with Crippen molar-refractivity contribution in [3.05, 3.63) is 67.7 Å². The van der Waals surface area contributed by atoms with Gasteiger partial charge in [-0.15, -0.1) is 0 Å². The van der Waals surface area contributed by atoms with E-state index in [0.29, 0.717) is 12.1 Å². The monoisotopic (exact) mass is 519 g/mol. The fourth-order valence-corrected chi connectivity index (χ4v) is 3.69. The molecular formula is C22H25F4N3O7. The van der Waals surface area contributed by atoms with Crippen LogP contribution < -0.4 is 16.6 Å². The Bertz CT molecular complexity index is 1210. The molecule has 1 saturated heterocycles. The highest BCUT2D eigenvalue weighted by Gasteiger charge is 2.36. The third-order valence-electron chi connectivity index (χ3n) is 5.59. The summed E-state index contributed by atoms with van der Waals surface area (Å²) in [7, 11) is 0. The Kier molecular flexibility index (Phi) is 8.66. The fourth-order valence-electron chi connectivity index (χ4n) is 3.69. The number of aliphatic hydroxyl groups is 2. The van der Waals surface area contributed by atoms with Gasteiger partial charge in [-0.2, -0.15) is 13.2 Å². The number of rotatable bonds is 9. The third kappa shape index (κ3) is 6.19. The van der Waals surface area contributed by atoms with Gasteiger partial charge in [-0.1, -0.05) is 0 Å². The van der Waals surface area contributed by atoms with Crippen molar-refractivity contribution in [2.45, 2.75) is 44.5 Å². The van der Waals surface area contributed by atoms with Crippen LogP contribution in [0.5, 0.6) is 0 Å². The van der Waals surface area contributed by atoms with Crippen molar-refractivity contribution in [3.63, 3.8) is 0 Å². The van der Waals surface area contributed by atoms with Gasteiger partial charge in [0, 0.05) is 30.3 Å². The molecule has 1 aliphatic heterocycles. The molecule has 198 valence electrons. The van der Waals surface area contributed by atoms with Gasteiger partial charge in [0.1, 0.15) is 18.1 Å². The van der Waals surface area contributed by atoms with Crippen molar-refractivity contribution in [3.8, 4) is 0 Å². The number of amides is 1. The Morgan fingerprint density at radius 2 is 2.00 bits per heavy atom. The maximum absolute atomic E-state index is 13.4. The van der Waals surface area contributed by atoms with E-state index in [1.807, 2.05) is 0 Å². The van der Waals surface area contributed by atoms with E-state index in [2.05, 4.69) is 5.32 Å². The normalized spacial score (nSPS) is 20.0. The number of hydrogen-bond acceptors (Lipinski definition) is 7. The van der Waals surface area contributed by atoms with E-state index in [1.54, 1.807) is 0 Å². The molecule has 2 heterocycles. The molecule has 1 amide bonds. The second-order valence-corrected chi connectivity index (χ2v) is 8.13. The first-order valence-electron chi connectivity index (χ1n) is 10.9. The van der Waals surface area contributed by atoms with Gasteiger partial charge in [0.25, 0.3) is 11.5 Å². The number of alkyl halides is 3. The predicted octanol–water partition coefficient (Wildman–Crippen LogP) is 0.564. The van der Waals surface area contributed by atoms with Crippen LogP contribution in [0.3, 0.4) is 0 Å². The summed E-state index contributed by atoms with van der Waals surface area (Å²) >= 11 is 0. The van der Waals surface area contributed by atoms with Crippen LogP contribution >= 0.6 is 0 Å². The summed E-state index contributed by atoms with van der Waals surface area (Å²) in [4.78, 5) is 37.3. The highest BCUT2D eigenvalue weighted by molar-refractivity contribution is 5.94. The van der Waals surface area contributed by atoms with E-state index in [1.165, 1.54) is 13.1 Å². The van der Waals surface area contributed by atoms with E-state index in [9.17, 15) is 42.2 Å². The second-order valence-electron chi connectivity index (χ2n) is 8.13. The molecule has 0 radical (unpaired) electrons. The van der Waals surface area contributed by atoms with Gasteiger partial charge >= 0.3 is 11.9 Å². The maximum Gasteiger partial charge on any atom is 0.419 e. The van der Waals surface area contributed by atoms with Gasteiger partial charge in [-0.3, -0.25) is 18.7 Å². The molecule has 1 aliphatic rings. The summed E-state index contributed by atoms with van der Waals surface area (Å²) in [5.74, 6) is -2.35. The second kappa shape index (κ2) is 11.3. The molecule has 0 unspecified atom stereocenters. The van der Waals surface area contributed by atoms with Gasteiger partial charge < -0.3 is 25.0 Å². The summed E-state index contributed by atoms with van der Waals surface area (Å²) in [6, 6.07) is 1.89. The predicted molar refractivity (Wildman–Crippen MR) is 116 cm³/mol. The molecule has 3 atom stereocenters. The zero-order valence-electron chi connectivity index (χ0n) is 19.1. The summed E-state index contributed by atoms with van der Waals surface area (Å²) in [5.41, 5.74) is -2.94. The Hall–Kier alpha value is -3.07. The molecule has 10 nitrogen and oxygen atoms in total. The van der Waals surface area contributed by atoms with E-state index < -0.39 is 59.8 Å². The number of carbonyl (C=O) groups is 1. The number of hydrogen-bond donors (Lipinski definition) is 3. The number of nitrogens with zero attached hydrogens (tertiary/aromatic N) is 2. The molecule has 36 heavy (non-hydrogen) atoms. The lowest BCUT2D eigenvalue weighted by molar-refractivity contribution is -0.140. The number of benzene rings is 1. The molecular weight excluding hydrogens is 494 g/mol. The van der Waals surface area contributed by atoms with Crippen LogP contribution in [-0.2, 0) is 22.2 Å². The van der Waals surface area contributed by atoms with E-state index >= 15 is 0 Å². The van der Waals surface area contributed by atoms with Crippen LogP contribution in [0.15, 0.2) is 34.0 Å². The number of carbonyl (C=O) groups excluding carboxylic acids is 1. The quantitative estimate of drug-likeness (QED) is 0.326. The standard InChI is InChI=1S/C22H25F4N3O7/c1-12-10-29(18-9-16(31)17(11-30)36-18)21(34)28(20(12)33)5-7-35-6-4-27-19(32)13-2-3-15(23)14(8-13)22(24,25)26/h2-3,8,10,16-18,30-31H,4-7,9,11H2,1H3,(H,27,32)/t16-,17+,18+/m0/s1. The molecule has 1 aromatic heterocycles. The molecule has 1 fully saturated rings. The van der Waals surface area contributed by atoms with Crippen molar-refractivity contribution in [2.24, 2.45) is 0 Å². The van der Waals surface area contributed by atoms with Crippen LogP contribution in [0.25, 0.3) is 0 Å². The first kappa shape index (κ1) is 27.5. The zero-order valence-corrected chi connectivity index (χ0v) is 19.1. The minimum absolute atomic E-state index is 0.0531. The highest BCUT2D eigenvalue weighted by Crippen LogP contribution is 2.32. The first-order valence-corrected chi connectivity index (χ1v) is 10.9. The third-order valence-corrected chi connectivity index (χ3v) is 5.59. The molecule has 3 rings (SSSR count). The van der Waals surface area contributed by atoms with E-state index in [4.69, 9.17) is 9.47 Å². The molecule has 14 heteroatoms. The number of ether oxygens (including phenoxy) is 2. The van der Waals surface area contributed by atoms with Crippen LogP contribution in [0.2, 0.25) is 0 Å². The summed E-state index contributed by atoms with van der Waals surface area (Å²) in [6.07, 6.45) is -6.26. The summed E-state index contributed by atoms with van der Waals surface area (Å²) < 4.78 is 64.6. The summed E-state index contributed by atoms with van der Waals surface area (Å²) in [6.45, 7) is 0.653. The topological polar surface area (TPSA) is 132 Å². The molecule has 1 aromatic carbocycles. The van der Waals surface area contributed by atoms with Crippen LogP contribution in [0.1, 0.15) is 34.1 Å². The minimum atomic E-state index is -4.94. The lowest BCUT2D eigenvalue weighted by Gasteiger charge is -2.17. The zero-order chi connectivity index (χ0) is 26.6. The number of halogens is 4. The smallest absolute Gasteiger partial charge is 0.394 e. The van der Waals surface area contributed by atoms with Gasteiger partial charge in [0.2, 0.25) is 0 Å². The van der Waals surface area contributed by atoms with Gasteiger partial charge in [0.15, 0.2) is 0 Å². The maximum atomic E-state index is 13.4. The molecule has 0 spiro atoms. The minimum Gasteiger partial charge on any atom is -0.394 e. The van der Waals surface area contributed by atoms with Gasteiger partial charge in [-0.25, -0.2) is 9.18 Å². The van der Waals surface area contributed by atoms with E-state index in [0.717, 1.165) is 15.2 Å². The SMILES string of the molecule is Cc1cn([C@H]2C[C@H](O)[C@@H](CO)O2)c(=O)n(CCOCCNC(=O)c2ccc(F)c(C(F)(F)F)c2)c1=O. The number of aliphatic hydroxyl groups excluding tert-OH is 2. The number of aryl methyl sites for hydroxylation is 1. The first-order chi connectivity index (χ1) is 16.9. The van der Waals surface area contributed by atoms with Gasteiger partial charge in [0.05, 0.1) is 38.0 Å². The van der Waals surface area contributed by atoms with Crippen molar-refractivity contribution in [1.82, 2.24) is 14.5 Å². The highest BCUT2D eigenvalue weighted by atomic mass is 19.4. The lowest BCUT2D eigenvalue weighted by atomic mass is 10.1. The number of nitrogens with one attached hydrogen (secondary N) is 1. The van der Waals surface area contributed by atoms with Crippen LogP contribution in [-0.4, -0.2) is 63.8 Å². The van der Waals surface area contributed by atoms with Crippen molar-refractivity contribution < 1.29 is 42.0 Å². The van der Waals surface area contributed by atoms with Crippen molar-refractivity contribution >= 4 is 5.91 Å². The van der Waals surface area contributed by atoms with E-state index in [-0.39, 0.29) is 43.9 Å². The Labute approximate surface area is 201 Å². The van der Waals surface area contributed by atoms with Gasteiger partial charge in [-0.05, 0) is 25.1 Å². The fraction of sp³-hybridized carbons (Fsp3) is 0.500. The molecule has 3 N–H and O–H groups in total.